The van der Waals surface area contributed by atoms with Crippen molar-refractivity contribution in [3.05, 3.63) is 51.1 Å². The third-order valence-electron chi connectivity index (χ3n) is 3.61. The predicted octanol–water partition coefficient (Wildman–Crippen LogP) is 3.23. The van der Waals surface area contributed by atoms with Crippen molar-refractivity contribution in [3.63, 3.8) is 0 Å². The number of fused-ring (bicyclic) bond motifs is 1. The number of hydrogen-bond acceptors (Lipinski definition) is 7. The first-order chi connectivity index (χ1) is 12.0. The standard InChI is InChI=1S/C16H14N4O4S/c1-9-10(2)25-16-14(9)15(17-8-18-16)24-7-13(21)19-11-4-3-5-12(6-11)20(22)23/h3-6,8H,7H2,1-2H3,(H,19,21). The van der Waals surface area contributed by atoms with Gasteiger partial charge < -0.3 is 10.1 Å². The number of nitrogens with one attached hydrogen (secondary N) is 1. The fraction of sp³-hybridized carbons (Fsp3) is 0.188. The fourth-order valence-electron chi connectivity index (χ4n) is 2.29. The minimum absolute atomic E-state index is 0.0967. The summed E-state index contributed by atoms with van der Waals surface area (Å²) in [7, 11) is 0. The second-order valence-electron chi connectivity index (χ2n) is 5.29. The van der Waals surface area contributed by atoms with Gasteiger partial charge in [0.05, 0.1) is 10.3 Å². The predicted molar refractivity (Wildman–Crippen MR) is 94.1 cm³/mol. The topological polar surface area (TPSA) is 107 Å². The summed E-state index contributed by atoms with van der Waals surface area (Å²) in [6.45, 7) is 3.68. The van der Waals surface area contributed by atoms with Gasteiger partial charge in [-0.05, 0) is 25.5 Å². The Morgan fingerprint density at radius 1 is 1.36 bits per heavy atom. The first kappa shape index (κ1) is 16.8. The second-order valence-corrected chi connectivity index (χ2v) is 6.49. The van der Waals surface area contributed by atoms with E-state index >= 15 is 0 Å². The molecule has 1 aromatic carbocycles. The van der Waals surface area contributed by atoms with Crippen LogP contribution in [-0.4, -0.2) is 27.4 Å². The zero-order chi connectivity index (χ0) is 18.0. The quantitative estimate of drug-likeness (QED) is 0.554. The Labute approximate surface area is 146 Å². The molecule has 0 fully saturated rings. The number of thiophene rings is 1. The van der Waals surface area contributed by atoms with Crippen molar-refractivity contribution >= 4 is 38.8 Å². The van der Waals surface area contributed by atoms with E-state index in [9.17, 15) is 14.9 Å². The van der Waals surface area contributed by atoms with Crippen molar-refractivity contribution in [2.75, 3.05) is 11.9 Å². The Hall–Kier alpha value is -3.07. The summed E-state index contributed by atoms with van der Waals surface area (Å²) in [5, 5.41) is 14.1. The lowest BCUT2D eigenvalue weighted by molar-refractivity contribution is -0.384. The Balaban J connectivity index is 1.71. The molecule has 0 unspecified atom stereocenters. The number of carbonyl (C=O) groups is 1. The summed E-state index contributed by atoms with van der Waals surface area (Å²) in [6, 6.07) is 5.71. The van der Waals surface area contributed by atoms with Crippen LogP contribution in [-0.2, 0) is 4.79 Å². The van der Waals surface area contributed by atoms with E-state index in [-0.39, 0.29) is 12.3 Å². The fourth-order valence-corrected chi connectivity index (χ4v) is 3.28. The van der Waals surface area contributed by atoms with E-state index in [1.54, 1.807) is 6.07 Å². The summed E-state index contributed by atoms with van der Waals surface area (Å²) in [5.74, 6) is -0.0853. The van der Waals surface area contributed by atoms with Gasteiger partial charge in [0.2, 0.25) is 5.88 Å². The molecule has 1 N–H and O–H groups in total. The average molecular weight is 358 g/mol. The molecule has 128 valence electrons. The van der Waals surface area contributed by atoms with Gasteiger partial charge in [-0.2, -0.15) is 0 Å². The molecule has 1 amide bonds. The number of nitrogens with zero attached hydrogens (tertiary/aromatic N) is 3. The lowest BCUT2D eigenvalue weighted by atomic mass is 10.2. The van der Waals surface area contributed by atoms with E-state index in [1.165, 1.54) is 35.9 Å². The van der Waals surface area contributed by atoms with Gasteiger partial charge in [0.1, 0.15) is 11.2 Å². The number of aromatic nitrogens is 2. The van der Waals surface area contributed by atoms with E-state index in [0.717, 1.165) is 20.7 Å². The summed E-state index contributed by atoms with van der Waals surface area (Å²) in [5.41, 5.74) is 1.26. The monoisotopic (exact) mass is 358 g/mol. The SMILES string of the molecule is Cc1sc2ncnc(OCC(=O)Nc3cccc([N+](=O)[O-])c3)c2c1C. The molecule has 0 spiro atoms. The van der Waals surface area contributed by atoms with Crippen LogP contribution < -0.4 is 10.1 Å². The van der Waals surface area contributed by atoms with Crippen LogP contribution in [0.2, 0.25) is 0 Å². The van der Waals surface area contributed by atoms with E-state index in [4.69, 9.17) is 4.74 Å². The van der Waals surface area contributed by atoms with Crippen LogP contribution in [0.5, 0.6) is 5.88 Å². The van der Waals surface area contributed by atoms with Crippen LogP contribution >= 0.6 is 11.3 Å². The molecule has 3 aromatic rings. The number of anilines is 1. The van der Waals surface area contributed by atoms with Crippen LogP contribution in [0.25, 0.3) is 10.2 Å². The molecule has 0 aliphatic carbocycles. The molecule has 2 aromatic heterocycles. The van der Waals surface area contributed by atoms with Crippen molar-refractivity contribution in [2.45, 2.75) is 13.8 Å². The highest BCUT2D eigenvalue weighted by Gasteiger charge is 2.14. The Morgan fingerprint density at radius 2 is 2.16 bits per heavy atom. The number of rotatable bonds is 5. The molecule has 8 nitrogen and oxygen atoms in total. The molecule has 0 radical (unpaired) electrons. The lowest BCUT2D eigenvalue weighted by Crippen LogP contribution is -2.20. The van der Waals surface area contributed by atoms with Gasteiger partial charge in [0, 0.05) is 22.7 Å². The zero-order valence-corrected chi connectivity index (χ0v) is 14.3. The van der Waals surface area contributed by atoms with E-state index < -0.39 is 10.8 Å². The highest BCUT2D eigenvalue weighted by Crippen LogP contribution is 2.33. The molecule has 3 rings (SSSR count). The van der Waals surface area contributed by atoms with Gasteiger partial charge >= 0.3 is 0 Å². The van der Waals surface area contributed by atoms with Crippen molar-refractivity contribution in [1.82, 2.24) is 9.97 Å². The number of non-ortho nitro benzene ring substituents is 1. The molecule has 2 heterocycles. The molecule has 9 heteroatoms. The van der Waals surface area contributed by atoms with E-state index in [0.29, 0.717) is 11.6 Å². The first-order valence-electron chi connectivity index (χ1n) is 7.33. The number of aryl methyl sites for hydroxylation is 2. The van der Waals surface area contributed by atoms with Crippen molar-refractivity contribution in [2.24, 2.45) is 0 Å². The number of ether oxygens (including phenoxy) is 1. The molecule has 0 aliphatic rings. The number of amides is 1. The van der Waals surface area contributed by atoms with E-state index in [1.807, 2.05) is 13.8 Å². The lowest BCUT2D eigenvalue weighted by Gasteiger charge is -2.08. The molecular weight excluding hydrogens is 344 g/mol. The minimum atomic E-state index is -0.522. The van der Waals surface area contributed by atoms with E-state index in [2.05, 4.69) is 15.3 Å². The van der Waals surface area contributed by atoms with Gasteiger partial charge in [0.15, 0.2) is 6.61 Å². The molecule has 0 bridgehead atoms. The summed E-state index contributed by atoms with van der Waals surface area (Å²) < 4.78 is 5.53. The van der Waals surface area contributed by atoms with Crippen LogP contribution in [0.3, 0.4) is 0 Å². The minimum Gasteiger partial charge on any atom is -0.467 e. The molecule has 0 saturated heterocycles. The largest absolute Gasteiger partial charge is 0.467 e. The smallest absolute Gasteiger partial charge is 0.271 e. The van der Waals surface area contributed by atoms with Gasteiger partial charge in [-0.25, -0.2) is 9.97 Å². The molecule has 25 heavy (non-hydrogen) atoms. The molecule has 0 atom stereocenters. The maximum Gasteiger partial charge on any atom is 0.271 e. The number of carbonyl (C=O) groups excluding carboxylic acids is 1. The Kier molecular flexibility index (Phi) is 4.57. The third-order valence-corrected chi connectivity index (χ3v) is 4.73. The van der Waals surface area contributed by atoms with Gasteiger partial charge in [-0.15, -0.1) is 11.3 Å². The maximum absolute atomic E-state index is 12.0. The van der Waals surface area contributed by atoms with Crippen molar-refractivity contribution in [3.8, 4) is 5.88 Å². The number of nitro groups is 1. The zero-order valence-electron chi connectivity index (χ0n) is 13.5. The second kappa shape index (κ2) is 6.81. The van der Waals surface area contributed by atoms with Crippen LogP contribution in [0, 0.1) is 24.0 Å². The molecule has 0 saturated carbocycles. The van der Waals surface area contributed by atoms with Crippen LogP contribution in [0.15, 0.2) is 30.6 Å². The first-order valence-corrected chi connectivity index (χ1v) is 8.15. The highest BCUT2D eigenvalue weighted by molar-refractivity contribution is 7.18. The van der Waals surface area contributed by atoms with Crippen molar-refractivity contribution < 1.29 is 14.5 Å². The Morgan fingerprint density at radius 3 is 2.92 bits per heavy atom. The highest BCUT2D eigenvalue weighted by atomic mass is 32.1. The summed E-state index contributed by atoms with van der Waals surface area (Å²) >= 11 is 1.54. The Bertz CT molecular complexity index is 970. The number of nitro benzene ring substituents is 1. The van der Waals surface area contributed by atoms with Gasteiger partial charge in [-0.1, -0.05) is 6.07 Å². The molecule has 0 aliphatic heterocycles. The summed E-state index contributed by atoms with van der Waals surface area (Å²) in [4.78, 5) is 32.5. The van der Waals surface area contributed by atoms with Crippen molar-refractivity contribution in [1.29, 1.82) is 0 Å². The third kappa shape index (κ3) is 3.56. The molecular formula is C16H14N4O4S. The maximum atomic E-state index is 12.0. The number of hydrogen-bond donors (Lipinski definition) is 1. The summed E-state index contributed by atoms with van der Waals surface area (Å²) in [6.07, 6.45) is 1.39. The number of benzene rings is 1. The normalized spacial score (nSPS) is 10.6. The van der Waals surface area contributed by atoms with Crippen LogP contribution in [0.1, 0.15) is 10.4 Å². The van der Waals surface area contributed by atoms with Crippen LogP contribution in [0.4, 0.5) is 11.4 Å². The van der Waals surface area contributed by atoms with Gasteiger partial charge in [0.25, 0.3) is 11.6 Å². The van der Waals surface area contributed by atoms with Gasteiger partial charge in [-0.3, -0.25) is 14.9 Å². The average Bonchev–Trinajstić information content (AvgIpc) is 2.88.